The molecule has 5 heteroatoms. The number of nitrogens with two attached hydrogens (primary N) is 1. The number of fused-ring (bicyclic) bond motifs is 3. The van der Waals surface area contributed by atoms with E-state index in [4.69, 9.17) is 22.3 Å². The molecule has 2 N–H and O–H groups in total. The van der Waals surface area contributed by atoms with E-state index in [-0.39, 0.29) is 5.54 Å². The molecule has 0 spiro atoms. The zero-order chi connectivity index (χ0) is 37.5. The maximum atomic E-state index is 6.12. The summed E-state index contributed by atoms with van der Waals surface area (Å²) in [6, 6.07) is 11.6. The van der Waals surface area contributed by atoms with Crippen molar-refractivity contribution in [3.05, 3.63) is 89.5 Å². The summed E-state index contributed by atoms with van der Waals surface area (Å²) >= 11 is 0. The van der Waals surface area contributed by atoms with Crippen LogP contribution in [-0.4, -0.2) is 41.3 Å². The number of piperidine rings is 1. The van der Waals surface area contributed by atoms with Crippen LogP contribution in [0.3, 0.4) is 0 Å². The van der Waals surface area contributed by atoms with E-state index in [0.717, 1.165) is 35.8 Å². The van der Waals surface area contributed by atoms with Crippen LogP contribution in [0.1, 0.15) is 147 Å². The highest BCUT2D eigenvalue weighted by atomic mass is 15.2. The highest BCUT2D eigenvalue weighted by molar-refractivity contribution is 6.09. The number of nitrogens with zero attached hydrogens (tertiary/aromatic N) is 4. The molecule has 4 saturated carbocycles. The molecule has 284 valence electrons. The van der Waals surface area contributed by atoms with Gasteiger partial charge < -0.3 is 15.5 Å². The van der Waals surface area contributed by atoms with Gasteiger partial charge in [-0.2, -0.15) is 0 Å². The fourth-order valence-corrected chi connectivity index (χ4v) is 9.29. The molecule has 0 unspecified atom stereocenters. The quantitative estimate of drug-likeness (QED) is 0.250. The lowest BCUT2D eigenvalue weighted by Gasteiger charge is -2.55. The van der Waals surface area contributed by atoms with Crippen molar-refractivity contribution >= 4 is 17.6 Å². The highest BCUT2D eigenvalue weighted by Gasteiger charge is 2.50. The van der Waals surface area contributed by atoms with Gasteiger partial charge in [0.25, 0.3) is 0 Å². The number of aromatic nitrogens is 1. The Bertz CT molecular complexity index is 1550. The molecule has 2 aromatic rings. The van der Waals surface area contributed by atoms with Crippen molar-refractivity contribution in [1.29, 1.82) is 0 Å². The van der Waals surface area contributed by atoms with Gasteiger partial charge in [-0.15, -0.1) is 0 Å². The monoisotopic (exact) mass is 706 g/mol. The first-order valence-corrected chi connectivity index (χ1v) is 20.7. The highest BCUT2D eigenvalue weighted by Crippen LogP contribution is 2.58. The van der Waals surface area contributed by atoms with E-state index in [2.05, 4.69) is 95.2 Å². The number of rotatable bonds is 10. The van der Waals surface area contributed by atoms with E-state index >= 15 is 0 Å². The second-order valence-corrected chi connectivity index (χ2v) is 18.0. The normalized spacial score (nSPS) is 24.4. The Morgan fingerprint density at radius 3 is 2.19 bits per heavy atom. The summed E-state index contributed by atoms with van der Waals surface area (Å²) in [5, 5.41) is 0. The van der Waals surface area contributed by atoms with Gasteiger partial charge in [0.1, 0.15) is 5.82 Å². The van der Waals surface area contributed by atoms with E-state index in [0.29, 0.717) is 16.7 Å². The van der Waals surface area contributed by atoms with Crippen LogP contribution >= 0.6 is 0 Å². The van der Waals surface area contributed by atoms with Gasteiger partial charge in [0.15, 0.2) is 0 Å². The third-order valence-corrected chi connectivity index (χ3v) is 13.1. The average molecular weight is 706 g/mol. The van der Waals surface area contributed by atoms with Gasteiger partial charge in [0.2, 0.25) is 0 Å². The molecular formula is C47H71N5. The molecule has 0 radical (unpaired) electrons. The van der Waals surface area contributed by atoms with Gasteiger partial charge in [-0.25, -0.2) is 4.98 Å². The van der Waals surface area contributed by atoms with Gasteiger partial charge in [-0.3, -0.25) is 4.99 Å². The number of hydrogen-bond donors (Lipinski definition) is 1. The van der Waals surface area contributed by atoms with Crippen LogP contribution in [-0.2, 0) is 11.8 Å². The standard InChI is InChI=1S/C38H54N4.C9H17N/c1-7-30-13-14-34(23-28(30)2)38-19-16-37(17-20-38,18-21-38)27-42(29(3)31-11-9-8-10-12-31)35-24-32(15-22-40-35)33(25-39)26-41-36(4,5)6;1-8(2)10-6-4-9(3)5-7-10/h13-15,22-26,31H,3,7-12,16-21,27,39H2,1-2,4-6H3;9H,1,4-7H2,2-3H3/b33-25+,41-26?;. The number of likely N-dealkylation sites (tertiary alicyclic amines) is 1. The number of hydrogen-bond acceptors (Lipinski definition) is 5. The Balaban J connectivity index is 0.000000452. The van der Waals surface area contributed by atoms with E-state index in [1.807, 2.05) is 12.4 Å². The molecule has 7 rings (SSSR count). The molecule has 1 aromatic heterocycles. The number of benzene rings is 1. The lowest BCUT2D eigenvalue weighted by molar-refractivity contribution is 0.0459. The minimum Gasteiger partial charge on any atom is -0.404 e. The lowest BCUT2D eigenvalue weighted by Crippen LogP contribution is -2.49. The predicted octanol–water partition coefficient (Wildman–Crippen LogP) is 11.6. The molecule has 0 amide bonds. The number of allylic oxidation sites excluding steroid dienone is 3. The minimum atomic E-state index is -0.154. The zero-order valence-electron chi connectivity index (χ0n) is 34.1. The summed E-state index contributed by atoms with van der Waals surface area (Å²) in [5.41, 5.74) is 15.7. The van der Waals surface area contributed by atoms with Crippen molar-refractivity contribution in [1.82, 2.24) is 9.88 Å². The minimum absolute atomic E-state index is 0.154. The van der Waals surface area contributed by atoms with Crippen LogP contribution in [0.5, 0.6) is 0 Å². The van der Waals surface area contributed by atoms with Gasteiger partial charge >= 0.3 is 0 Å². The Morgan fingerprint density at radius 2 is 1.63 bits per heavy atom. The smallest absolute Gasteiger partial charge is 0.133 e. The van der Waals surface area contributed by atoms with E-state index < -0.39 is 0 Å². The third kappa shape index (κ3) is 9.79. The zero-order valence-corrected chi connectivity index (χ0v) is 34.1. The molecule has 2 heterocycles. The molecule has 5 aliphatic rings. The molecule has 1 aromatic carbocycles. The fraction of sp³-hybridized carbons (Fsp3) is 0.617. The molecular weight excluding hydrogens is 635 g/mol. The first-order chi connectivity index (χ1) is 24.8. The topological polar surface area (TPSA) is 57.8 Å². The molecule has 1 aliphatic heterocycles. The second kappa shape index (κ2) is 17.2. The van der Waals surface area contributed by atoms with Gasteiger partial charge in [-0.05, 0) is 162 Å². The van der Waals surface area contributed by atoms with Crippen molar-refractivity contribution in [2.45, 2.75) is 149 Å². The SMILES string of the molecule is C=C(C)N1CCC(C)CC1.C=C(C1CCCCC1)N(CC12CCC(c3ccc(CC)c(C)c3)(CC1)CC2)c1cc(/C(C=NC(C)(C)C)=C/N)ccn1. The largest absolute Gasteiger partial charge is 0.404 e. The van der Waals surface area contributed by atoms with Crippen molar-refractivity contribution in [2.75, 3.05) is 24.5 Å². The Morgan fingerprint density at radius 1 is 0.981 bits per heavy atom. The lowest BCUT2D eigenvalue weighted by atomic mass is 9.51. The van der Waals surface area contributed by atoms with Crippen LogP contribution in [0, 0.1) is 24.2 Å². The molecule has 5 nitrogen and oxygen atoms in total. The summed E-state index contributed by atoms with van der Waals surface area (Å²) in [4.78, 5) is 14.6. The molecule has 2 bridgehead atoms. The summed E-state index contributed by atoms with van der Waals surface area (Å²) in [6.45, 7) is 27.5. The van der Waals surface area contributed by atoms with E-state index in [9.17, 15) is 0 Å². The van der Waals surface area contributed by atoms with Crippen LogP contribution in [0.15, 0.2) is 72.3 Å². The predicted molar refractivity (Wildman–Crippen MR) is 225 cm³/mol. The summed E-state index contributed by atoms with van der Waals surface area (Å²) in [5.74, 6) is 2.48. The maximum Gasteiger partial charge on any atom is 0.133 e. The Kier molecular flexibility index (Phi) is 13.2. The Labute approximate surface area is 318 Å². The van der Waals surface area contributed by atoms with Gasteiger partial charge in [-0.1, -0.05) is 64.5 Å². The van der Waals surface area contributed by atoms with Gasteiger partial charge in [0.05, 0.1) is 5.54 Å². The second-order valence-electron chi connectivity index (χ2n) is 18.0. The summed E-state index contributed by atoms with van der Waals surface area (Å²) in [7, 11) is 0. The maximum absolute atomic E-state index is 6.12. The first kappa shape index (κ1) is 39.9. The van der Waals surface area contributed by atoms with Crippen LogP contribution < -0.4 is 10.6 Å². The number of aryl methyl sites for hydroxylation is 2. The van der Waals surface area contributed by atoms with Crippen LogP contribution in [0.25, 0.3) is 5.57 Å². The van der Waals surface area contributed by atoms with Crippen molar-refractivity contribution < 1.29 is 0 Å². The number of anilines is 1. The van der Waals surface area contributed by atoms with Crippen LogP contribution in [0.4, 0.5) is 5.82 Å². The average Bonchev–Trinajstić information content (AvgIpc) is 3.15. The van der Waals surface area contributed by atoms with Crippen molar-refractivity contribution in [3.8, 4) is 0 Å². The first-order valence-electron chi connectivity index (χ1n) is 20.7. The molecule has 0 atom stereocenters. The third-order valence-electron chi connectivity index (χ3n) is 13.1. The number of pyridine rings is 1. The Hall–Kier alpha value is -3.34. The molecule has 4 aliphatic carbocycles. The van der Waals surface area contributed by atoms with E-state index in [1.54, 1.807) is 11.8 Å². The van der Waals surface area contributed by atoms with Crippen molar-refractivity contribution in [2.24, 2.45) is 28.0 Å². The molecule has 1 saturated heterocycles. The number of aliphatic imine (C=N–C) groups is 1. The summed E-state index contributed by atoms with van der Waals surface area (Å²) in [6.07, 6.45) is 23.5. The van der Waals surface area contributed by atoms with E-state index in [1.165, 1.54) is 119 Å². The fourth-order valence-electron chi connectivity index (χ4n) is 9.29. The molecule has 5 fully saturated rings. The summed E-state index contributed by atoms with van der Waals surface area (Å²) < 4.78 is 0. The van der Waals surface area contributed by atoms with Crippen molar-refractivity contribution in [3.63, 3.8) is 0 Å². The van der Waals surface area contributed by atoms with Gasteiger partial charge in [0, 0.05) is 55.2 Å². The van der Waals surface area contributed by atoms with Crippen LogP contribution in [0.2, 0.25) is 0 Å². The molecule has 52 heavy (non-hydrogen) atoms.